The van der Waals surface area contributed by atoms with E-state index in [-0.39, 0.29) is 50.7 Å². The van der Waals surface area contributed by atoms with Crippen molar-refractivity contribution in [2.45, 2.75) is 80.7 Å². The molecule has 1 aromatic carbocycles. The Kier molecular flexibility index (Phi) is 9.36. The Morgan fingerprint density at radius 1 is 1.03 bits per heavy atom. The fourth-order valence-electron chi connectivity index (χ4n) is 5.52. The van der Waals surface area contributed by atoms with Crippen molar-refractivity contribution in [2.24, 2.45) is 0 Å². The van der Waals surface area contributed by atoms with Gasteiger partial charge in [-0.1, -0.05) is 24.3 Å². The topological polar surface area (TPSA) is 89.9 Å². The number of hydrogen-bond donors (Lipinski definition) is 2. The highest BCUT2D eigenvalue weighted by Crippen LogP contribution is 2.40. The summed E-state index contributed by atoms with van der Waals surface area (Å²) in [5.74, 6) is -0.707. The molecule has 0 unspecified atom stereocenters. The molecule has 0 bridgehead atoms. The predicted octanol–water partition coefficient (Wildman–Crippen LogP) is 4.01. The molecule has 0 spiro atoms. The Hall–Kier alpha value is -1.40. The van der Waals surface area contributed by atoms with Gasteiger partial charge in [-0.3, -0.25) is 10.0 Å². The van der Waals surface area contributed by atoms with Crippen LogP contribution in [-0.4, -0.2) is 71.9 Å². The Bertz CT molecular complexity index is 987. The number of nitrogens with zero attached hydrogens (tertiary/aromatic N) is 2. The molecule has 0 atom stereocenters. The minimum atomic E-state index is -4.14. The monoisotopic (exact) mass is 553 g/mol. The summed E-state index contributed by atoms with van der Waals surface area (Å²) in [5, 5.41) is 9.36. The smallest absolute Gasteiger partial charge is 0.300 e. The summed E-state index contributed by atoms with van der Waals surface area (Å²) in [6, 6.07) is 8.03. The largest absolute Gasteiger partial charge is 0.389 e. The van der Waals surface area contributed by atoms with Gasteiger partial charge in [0.15, 0.2) is 4.75 Å². The van der Waals surface area contributed by atoms with E-state index in [1.54, 1.807) is 5.48 Å². The van der Waals surface area contributed by atoms with Crippen molar-refractivity contribution in [3.05, 3.63) is 35.4 Å². The Balaban J connectivity index is 0.00000361. The quantitative estimate of drug-likeness (QED) is 0.375. The van der Waals surface area contributed by atoms with Crippen LogP contribution in [0.15, 0.2) is 24.3 Å². The molecule has 1 amide bonds. The van der Waals surface area contributed by atoms with E-state index < -0.39 is 33.3 Å². The van der Waals surface area contributed by atoms with E-state index in [0.717, 1.165) is 24.0 Å². The maximum absolute atomic E-state index is 13.7. The minimum absolute atomic E-state index is 0. The lowest BCUT2D eigenvalue weighted by molar-refractivity contribution is -0.135. The van der Waals surface area contributed by atoms with Crippen LogP contribution in [0.4, 0.5) is 13.2 Å². The zero-order chi connectivity index (χ0) is 25.3. The summed E-state index contributed by atoms with van der Waals surface area (Å²) in [6.45, 7) is 1.60. The second-order valence-electron chi connectivity index (χ2n) is 10.1. The van der Waals surface area contributed by atoms with Gasteiger partial charge in [0, 0.05) is 38.6 Å². The van der Waals surface area contributed by atoms with Gasteiger partial charge in [-0.2, -0.15) is 13.2 Å². The maximum atomic E-state index is 13.7. The van der Waals surface area contributed by atoms with Gasteiger partial charge in [-0.25, -0.2) is 18.2 Å². The van der Waals surface area contributed by atoms with E-state index in [0.29, 0.717) is 38.4 Å². The first-order valence-electron chi connectivity index (χ1n) is 12.4. The van der Waals surface area contributed by atoms with Gasteiger partial charge in [0.1, 0.15) is 0 Å². The minimum Gasteiger partial charge on any atom is -0.300 e. The molecule has 3 fully saturated rings. The number of aryl methyl sites for hydroxylation is 1. The highest BCUT2D eigenvalue weighted by atomic mass is 35.5. The molecular formula is C24H35ClF3N3O4S. The number of sulfonamides is 1. The van der Waals surface area contributed by atoms with Crippen LogP contribution >= 0.6 is 12.4 Å². The van der Waals surface area contributed by atoms with Crippen LogP contribution in [0.25, 0.3) is 0 Å². The van der Waals surface area contributed by atoms with E-state index in [9.17, 15) is 31.6 Å². The average Bonchev–Trinajstić information content (AvgIpc) is 3.69. The fraction of sp³-hybridized carbons (Fsp3) is 0.708. The van der Waals surface area contributed by atoms with Crippen molar-refractivity contribution in [3.63, 3.8) is 0 Å². The van der Waals surface area contributed by atoms with Gasteiger partial charge in [-0.15, -0.1) is 12.4 Å². The number of rotatable bonds is 8. The normalized spacial score (nSPS) is 22.1. The third kappa shape index (κ3) is 6.35. The second-order valence-corrected chi connectivity index (χ2v) is 12.3. The first kappa shape index (κ1) is 29.2. The zero-order valence-corrected chi connectivity index (χ0v) is 21.8. The number of nitrogens with one attached hydrogen (secondary N) is 1. The summed E-state index contributed by atoms with van der Waals surface area (Å²) in [7, 11) is -3.98. The van der Waals surface area contributed by atoms with Crippen LogP contribution in [0.1, 0.15) is 68.4 Å². The lowest BCUT2D eigenvalue weighted by Crippen LogP contribution is -2.62. The number of hydroxylamine groups is 1. The number of carbonyl (C=O) groups excluding carboxylic acids is 1. The van der Waals surface area contributed by atoms with Crippen molar-refractivity contribution < 1.29 is 31.6 Å². The Labute approximate surface area is 216 Å². The molecule has 1 aromatic rings. The van der Waals surface area contributed by atoms with Gasteiger partial charge < -0.3 is 4.90 Å². The van der Waals surface area contributed by atoms with E-state index in [4.69, 9.17) is 0 Å². The lowest BCUT2D eigenvalue weighted by atomic mass is 9.89. The fourth-order valence-corrected chi connectivity index (χ4v) is 7.68. The summed E-state index contributed by atoms with van der Waals surface area (Å²) in [4.78, 5) is 14.9. The average molecular weight is 554 g/mol. The molecule has 2 saturated heterocycles. The molecule has 2 heterocycles. The molecule has 36 heavy (non-hydrogen) atoms. The SMILES string of the molecule is Cl.O=C(NO)C1(S(=O)(=O)N2CCC(c3ccc(CCCC(F)(F)F)cc3)CC2)CCN(C2CC2)CC1. The first-order chi connectivity index (χ1) is 16.6. The van der Waals surface area contributed by atoms with Crippen molar-refractivity contribution in [2.75, 3.05) is 26.2 Å². The molecule has 7 nitrogen and oxygen atoms in total. The number of likely N-dealkylation sites (tertiary alicyclic amines) is 1. The molecular weight excluding hydrogens is 519 g/mol. The summed E-state index contributed by atoms with van der Waals surface area (Å²) >= 11 is 0. The molecule has 1 saturated carbocycles. The molecule has 204 valence electrons. The molecule has 2 aliphatic heterocycles. The number of carbonyl (C=O) groups is 1. The molecule has 2 N–H and O–H groups in total. The Morgan fingerprint density at radius 3 is 2.11 bits per heavy atom. The zero-order valence-electron chi connectivity index (χ0n) is 20.2. The molecule has 1 aliphatic carbocycles. The molecule has 0 aromatic heterocycles. The van der Waals surface area contributed by atoms with Crippen LogP contribution in [0.2, 0.25) is 0 Å². The third-order valence-electron chi connectivity index (χ3n) is 7.85. The molecule has 0 radical (unpaired) electrons. The first-order valence-corrected chi connectivity index (χ1v) is 13.8. The van der Waals surface area contributed by atoms with Gasteiger partial charge >= 0.3 is 6.18 Å². The van der Waals surface area contributed by atoms with Crippen LogP contribution in [0.3, 0.4) is 0 Å². The predicted molar refractivity (Wildman–Crippen MR) is 132 cm³/mol. The van der Waals surface area contributed by atoms with Crippen molar-refractivity contribution in [1.29, 1.82) is 0 Å². The van der Waals surface area contributed by atoms with E-state index in [1.807, 2.05) is 24.3 Å². The van der Waals surface area contributed by atoms with Crippen molar-refractivity contribution in [1.82, 2.24) is 14.7 Å². The molecule has 12 heteroatoms. The van der Waals surface area contributed by atoms with Gasteiger partial charge in [0.05, 0.1) is 0 Å². The molecule has 4 rings (SSSR count). The van der Waals surface area contributed by atoms with Crippen LogP contribution in [0.5, 0.6) is 0 Å². The van der Waals surface area contributed by atoms with Gasteiger partial charge in [-0.05, 0) is 68.4 Å². The summed E-state index contributed by atoms with van der Waals surface area (Å²) < 4.78 is 64.2. The van der Waals surface area contributed by atoms with Crippen molar-refractivity contribution >= 4 is 28.3 Å². The Morgan fingerprint density at radius 2 is 1.61 bits per heavy atom. The van der Waals surface area contributed by atoms with E-state index in [1.165, 1.54) is 4.31 Å². The number of hydrogen-bond acceptors (Lipinski definition) is 5. The van der Waals surface area contributed by atoms with Crippen LogP contribution < -0.4 is 5.48 Å². The second kappa shape index (κ2) is 11.6. The van der Waals surface area contributed by atoms with Gasteiger partial charge in [0.25, 0.3) is 5.91 Å². The summed E-state index contributed by atoms with van der Waals surface area (Å²) in [5.41, 5.74) is 3.52. The number of alkyl halides is 3. The number of halogens is 4. The van der Waals surface area contributed by atoms with Gasteiger partial charge in [0.2, 0.25) is 10.0 Å². The standard InChI is InChI=1S/C24H34F3N3O4S.ClH/c25-24(26,27)11-1-2-18-3-5-19(6-4-18)20-9-14-30(15-10-20)35(33,34)23(22(31)28-32)12-16-29(17-13-23)21-7-8-21;/h3-6,20-21,32H,1-2,7-17H2,(H,28,31);1H. The van der Waals surface area contributed by atoms with Crippen molar-refractivity contribution in [3.8, 4) is 0 Å². The lowest BCUT2D eigenvalue weighted by Gasteiger charge is -2.43. The number of piperidine rings is 2. The number of amides is 1. The van der Waals surface area contributed by atoms with Crippen LogP contribution in [0, 0.1) is 0 Å². The highest BCUT2D eigenvalue weighted by molar-refractivity contribution is 7.91. The van der Waals surface area contributed by atoms with E-state index in [2.05, 4.69) is 4.90 Å². The highest BCUT2D eigenvalue weighted by Gasteiger charge is 2.55. The van der Waals surface area contributed by atoms with E-state index >= 15 is 0 Å². The summed E-state index contributed by atoms with van der Waals surface area (Å²) in [6.07, 6.45) is -0.793. The number of benzene rings is 1. The van der Waals surface area contributed by atoms with Crippen LogP contribution in [-0.2, 0) is 21.2 Å². The third-order valence-corrected chi connectivity index (χ3v) is 10.5. The maximum Gasteiger partial charge on any atom is 0.389 e. The molecule has 3 aliphatic rings.